The first kappa shape index (κ1) is 14.5. The Bertz CT molecular complexity index is 384. The van der Waals surface area contributed by atoms with Crippen molar-refractivity contribution in [2.24, 2.45) is 0 Å². The van der Waals surface area contributed by atoms with Gasteiger partial charge in [-0.3, -0.25) is 0 Å². The zero-order valence-corrected chi connectivity index (χ0v) is 11.8. The van der Waals surface area contributed by atoms with Crippen LogP contribution in [-0.2, 0) is 4.74 Å². The number of benzene rings is 1. The van der Waals surface area contributed by atoms with Crippen LogP contribution < -0.4 is 29.6 Å². The molecule has 2 rings (SSSR count). The SMILES string of the molecule is N#C[C-](c1ccc(F)cc1)N1CCOCC1.[Na+]. The topological polar surface area (TPSA) is 36.3 Å². The van der Waals surface area contributed by atoms with Crippen molar-refractivity contribution in [2.75, 3.05) is 26.3 Å². The summed E-state index contributed by atoms with van der Waals surface area (Å²) in [5, 5.41) is 9.14. The molecule has 0 bridgehead atoms. The van der Waals surface area contributed by atoms with Crippen LogP contribution in [0.1, 0.15) is 5.56 Å². The van der Waals surface area contributed by atoms with E-state index in [4.69, 9.17) is 10.00 Å². The van der Waals surface area contributed by atoms with Gasteiger partial charge in [0.05, 0.1) is 19.0 Å². The Balaban J connectivity index is 0.00000144. The molecular weight excluding hydrogens is 230 g/mol. The first-order chi connectivity index (χ1) is 7.81. The average Bonchev–Trinajstić information content (AvgIpc) is 2.34. The van der Waals surface area contributed by atoms with Crippen molar-refractivity contribution in [3.63, 3.8) is 0 Å². The van der Waals surface area contributed by atoms with E-state index in [2.05, 4.69) is 6.07 Å². The van der Waals surface area contributed by atoms with Crippen molar-refractivity contribution in [1.82, 2.24) is 4.90 Å². The molecule has 0 aliphatic carbocycles. The molecule has 5 heteroatoms. The maximum absolute atomic E-state index is 12.8. The molecule has 1 aliphatic heterocycles. The largest absolute Gasteiger partial charge is 1.00 e. The van der Waals surface area contributed by atoms with Gasteiger partial charge in [-0.15, -0.1) is 0 Å². The summed E-state index contributed by atoms with van der Waals surface area (Å²) < 4.78 is 18.0. The van der Waals surface area contributed by atoms with Crippen LogP contribution in [0, 0.1) is 23.2 Å². The maximum atomic E-state index is 12.8. The Morgan fingerprint density at radius 3 is 2.35 bits per heavy atom. The second-order valence-electron chi connectivity index (χ2n) is 3.57. The standard InChI is InChI=1S/C12H12FN2O.Na/c13-11-3-1-10(2-4-11)12(9-14)15-5-7-16-8-6-15;/h1-4H,5-8H2;/q-1;+1. The summed E-state index contributed by atoms with van der Waals surface area (Å²) in [6.07, 6.45) is 0. The monoisotopic (exact) mass is 242 g/mol. The summed E-state index contributed by atoms with van der Waals surface area (Å²) in [4.78, 5) is 1.97. The molecule has 1 fully saturated rings. The van der Waals surface area contributed by atoms with Crippen LogP contribution >= 0.6 is 0 Å². The number of ether oxygens (including phenoxy) is 1. The van der Waals surface area contributed by atoms with E-state index in [1.54, 1.807) is 12.1 Å². The van der Waals surface area contributed by atoms with Crippen molar-refractivity contribution < 1.29 is 38.7 Å². The van der Waals surface area contributed by atoms with Crippen LogP contribution in [0.3, 0.4) is 0 Å². The van der Waals surface area contributed by atoms with Gasteiger partial charge in [0.2, 0.25) is 0 Å². The molecule has 1 aromatic rings. The predicted octanol–water partition coefficient (Wildman–Crippen LogP) is -1.43. The van der Waals surface area contributed by atoms with Gasteiger partial charge < -0.3 is 9.64 Å². The van der Waals surface area contributed by atoms with Crippen molar-refractivity contribution in [3.8, 4) is 6.07 Å². The minimum Gasteiger partial charge on any atom is -0.379 e. The maximum Gasteiger partial charge on any atom is 1.00 e. The molecule has 0 unspecified atom stereocenters. The van der Waals surface area contributed by atoms with Crippen LogP contribution in [-0.4, -0.2) is 31.2 Å². The van der Waals surface area contributed by atoms with E-state index in [1.807, 2.05) is 4.90 Å². The predicted molar refractivity (Wildman–Crippen MR) is 56.8 cm³/mol. The summed E-state index contributed by atoms with van der Waals surface area (Å²) in [7, 11) is 0. The molecule has 0 saturated carbocycles. The summed E-state index contributed by atoms with van der Waals surface area (Å²) in [5.41, 5.74) is 0.755. The molecule has 3 nitrogen and oxygen atoms in total. The van der Waals surface area contributed by atoms with Gasteiger partial charge in [-0.25, -0.2) is 9.65 Å². The van der Waals surface area contributed by atoms with Gasteiger partial charge in [-0.05, 0) is 6.04 Å². The number of hydrogen-bond donors (Lipinski definition) is 0. The van der Waals surface area contributed by atoms with E-state index >= 15 is 0 Å². The van der Waals surface area contributed by atoms with Gasteiger partial charge in [0.15, 0.2) is 0 Å². The number of nitrogens with zero attached hydrogens (tertiary/aromatic N) is 2. The minimum absolute atomic E-state index is 0. The van der Waals surface area contributed by atoms with Gasteiger partial charge >= 0.3 is 29.6 Å². The quantitative estimate of drug-likeness (QED) is 0.471. The number of hydrogen-bond acceptors (Lipinski definition) is 3. The van der Waals surface area contributed by atoms with E-state index in [1.165, 1.54) is 12.1 Å². The molecule has 1 heterocycles. The van der Waals surface area contributed by atoms with Gasteiger partial charge in [0.25, 0.3) is 0 Å². The molecule has 84 valence electrons. The molecule has 1 saturated heterocycles. The Kier molecular flexibility index (Phi) is 5.96. The third-order valence-electron chi connectivity index (χ3n) is 2.55. The van der Waals surface area contributed by atoms with Crippen molar-refractivity contribution in [2.45, 2.75) is 0 Å². The summed E-state index contributed by atoms with van der Waals surface area (Å²) in [5.74, 6) is -0.289. The Morgan fingerprint density at radius 2 is 1.82 bits per heavy atom. The molecule has 0 amide bonds. The first-order valence-electron chi connectivity index (χ1n) is 5.17. The first-order valence-corrected chi connectivity index (χ1v) is 5.17. The third-order valence-corrected chi connectivity index (χ3v) is 2.55. The third kappa shape index (κ3) is 3.70. The van der Waals surface area contributed by atoms with E-state index in [0.29, 0.717) is 32.3 Å². The molecule has 0 spiro atoms. The molecule has 0 atom stereocenters. The fourth-order valence-electron chi connectivity index (χ4n) is 1.71. The van der Waals surface area contributed by atoms with Crippen molar-refractivity contribution >= 4 is 0 Å². The van der Waals surface area contributed by atoms with Gasteiger partial charge in [-0.1, -0.05) is 12.1 Å². The van der Waals surface area contributed by atoms with Crippen LogP contribution in [0.25, 0.3) is 0 Å². The molecular formula is C12H12FN2NaO. The fourth-order valence-corrected chi connectivity index (χ4v) is 1.71. The zero-order chi connectivity index (χ0) is 11.4. The van der Waals surface area contributed by atoms with Crippen molar-refractivity contribution in [1.29, 1.82) is 5.26 Å². The van der Waals surface area contributed by atoms with Gasteiger partial charge in [0, 0.05) is 19.2 Å². The Morgan fingerprint density at radius 1 is 1.24 bits per heavy atom. The van der Waals surface area contributed by atoms with Gasteiger partial charge in [-0.2, -0.15) is 17.7 Å². The van der Waals surface area contributed by atoms with E-state index in [-0.39, 0.29) is 35.4 Å². The summed E-state index contributed by atoms with van der Waals surface area (Å²) >= 11 is 0. The summed E-state index contributed by atoms with van der Waals surface area (Å²) in [6, 6.07) is 8.75. The Labute approximate surface area is 122 Å². The average molecular weight is 242 g/mol. The Hall–Kier alpha value is -0.570. The molecule has 0 N–H and O–H groups in total. The number of nitriles is 1. The molecule has 17 heavy (non-hydrogen) atoms. The van der Waals surface area contributed by atoms with Gasteiger partial charge in [0.1, 0.15) is 0 Å². The second-order valence-corrected chi connectivity index (χ2v) is 3.57. The van der Waals surface area contributed by atoms with E-state index in [9.17, 15) is 4.39 Å². The van der Waals surface area contributed by atoms with Crippen molar-refractivity contribution in [3.05, 3.63) is 41.7 Å². The molecule has 0 radical (unpaired) electrons. The van der Waals surface area contributed by atoms with Crippen LogP contribution in [0.15, 0.2) is 24.3 Å². The smallest absolute Gasteiger partial charge is 0.379 e. The molecule has 0 aromatic heterocycles. The minimum atomic E-state index is -0.289. The van der Waals surface area contributed by atoms with Crippen LogP contribution in [0.2, 0.25) is 0 Å². The number of halogens is 1. The fraction of sp³-hybridized carbons (Fsp3) is 0.333. The zero-order valence-electron chi connectivity index (χ0n) is 9.82. The molecule has 1 aliphatic rings. The van der Waals surface area contributed by atoms with Crippen LogP contribution in [0.5, 0.6) is 0 Å². The second kappa shape index (κ2) is 7.00. The normalized spacial score (nSPS) is 15.8. The molecule has 1 aromatic carbocycles. The van der Waals surface area contributed by atoms with E-state index < -0.39 is 0 Å². The summed E-state index contributed by atoms with van der Waals surface area (Å²) in [6.45, 7) is 2.68. The van der Waals surface area contributed by atoms with E-state index in [0.717, 1.165) is 5.56 Å². The number of morpholine rings is 1. The number of rotatable bonds is 2. The van der Waals surface area contributed by atoms with Crippen LogP contribution in [0.4, 0.5) is 4.39 Å².